The van der Waals surface area contributed by atoms with Gasteiger partial charge in [0.05, 0.1) is 7.11 Å². The maximum Gasteiger partial charge on any atom is 0.305 e. The van der Waals surface area contributed by atoms with Gasteiger partial charge in [-0.1, -0.05) is 18.2 Å². The predicted molar refractivity (Wildman–Crippen MR) is 54.5 cm³/mol. The molecule has 0 unspecified atom stereocenters. The Hall–Kier alpha value is -1.64. The Morgan fingerprint density at radius 3 is 3.14 bits per heavy atom. The number of carbonyl (C=O) groups is 1. The minimum absolute atomic E-state index is 0.180. The summed E-state index contributed by atoms with van der Waals surface area (Å²) >= 11 is 0. The standard InChI is InChI=1S/C11H13NO2/c1-14-11(13)7-3-2-5-10-6-4-8-12-9-10/h2,4-6,8-9H,3,7H2,1H3/b5-2+. The maximum atomic E-state index is 10.8. The van der Waals surface area contributed by atoms with Crippen molar-refractivity contribution in [3.63, 3.8) is 0 Å². The van der Waals surface area contributed by atoms with Gasteiger partial charge in [-0.15, -0.1) is 0 Å². The van der Waals surface area contributed by atoms with E-state index in [0.29, 0.717) is 12.8 Å². The Labute approximate surface area is 83.4 Å². The number of esters is 1. The van der Waals surface area contributed by atoms with Crippen LogP contribution >= 0.6 is 0 Å². The van der Waals surface area contributed by atoms with Crippen LogP contribution in [-0.2, 0) is 9.53 Å². The largest absolute Gasteiger partial charge is 0.469 e. The lowest BCUT2D eigenvalue weighted by Gasteiger charge is -1.94. The zero-order valence-corrected chi connectivity index (χ0v) is 8.14. The van der Waals surface area contributed by atoms with Crippen LogP contribution in [0, 0.1) is 0 Å². The highest BCUT2D eigenvalue weighted by Gasteiger charge is 1.95. The van der Waals surface area contributed by atoms with Crippen LogP contribution in [0.25, 0.3) is 6.08 Å². The van der Waals surface area contributed by atoms with Gasteiger partial charge in [0.1, 0.15) is 0 Å². The van der Waals surface area contributed by atoms with Crippen molar-refractivity contribution in [1.82, 2.24) is 4.98 Å². The molecule has 1 aromatic heterocycles. The van der Waals surface area contributed by atoms with E-state index in [-0.39, 0.29) is 5.97 Å². The molecule has 1 rings (SSSR count). The van der Waals surface area contributed by atoms with Crippen molar-refractivity contribution in [1.29, 1.82) is 0 Å². The normalized spacial score (nSPS) is 10.4. The molecule has 0 aromatic carbocycles. The van der Waals surface area contributed by atoms with Gasteiger partial charge in [0.15, 0.2) is 0 Å². The van der Waals surface area contributed by atoms with Gasteiger partial charge in [-0.3, -0.25) is 9.78 Å². The van der Waals surface area contributed by atoms with Crippen LogP contribution in [0.3, 0.4) is 0 Å². The first-order valence-electron chi connectivity index (χ1n) is 4.46. The van der Waals surface area contributed by atoms with Gasteiger partial charge in [-0.25, -0.2) is 0 Å². The molecule has 0 aliphatic rings. The van der Waals surface area contributed by atoms with Crippen LogP contribution in [0.4, 0.5) is 0 Å². The second-order valence-electron chi connectivity index (χ2n) is 2.80. The maximum absolute atomic E-state index is 10.8. The third-order valence-corrected chi connectivity index (χ3v) is 1.74. The predicted octanol–water partition coefficient (Wildman–Crippen LogP) is 2.05. The number of methoxy groups -OCH3 is 1. The molecule has 0 fully saturated rings. The number of ether oxygens (including phenoxy) is 1. The van der Waals surface area contributed by atoms with Gasteiger partial charge in [-0.05, 0) is 18.1 Å². The molecular formula is C11H13NO2. The second-order valence-corrected chi connectivity index (χ2v) is 2.80. The van der Waals surface area contributed by atoms with E-state index < -0.39 is 0 Å². The number of aromatic nitrogens is 1. The zero-order chi connectivity index (χ0) is 10.2. The van der Waals surface area contributed by atoms with Crippen LogP contribution in [0.15, 0.2) is 30.6 Å². The van der Waals surface area contributed by atoms with Gasteiger partial charge in [0.2, 0.25) is 0 Å². The molecule has 1 aromatic rings. The molecule has 0 saturated heterocycles. The molecule has 0 bridgehead atoms. The van der Waals surface area contributed by atoms with Gasteiger partial charge in [0, 0.05) is 18.8 Å². The van der Waals surface area contributed by atoms with E-state index in [1.54, 1.807) is 12.4 Å². The van der Waals surface area contributed by atoms with E-state index in [1.165, 1.54) is 7.11 Å². The summed E-state index contributed by atoms with van der Waals surface area (Å²) in [6, 6.07) is 3.83. The SMILES string of the molecule is COC(=O)CC/C=C/c1cccnc1. The van der Waals surface area contributed by atoms with Gasteiger partial charge in [-0.2, -0.15) is 0 Å². The fraction of sp³-hybridized carbons (Fsp3) is 0.273. The van der Waals surface area contributed by atoms with Crippen LogP contribution < -0.4 is 0 Å². The van der Waals surface area contributed by atoms with E-state index in [2.05, 4.69) is 9.72 Å². The molecule has 0 amide bonds. The molecule has 0 spiro atoms. The van der Waals surface area contributed by atoms with Crippen molar-refractivity contribution in [2.24, 2.45) is 0 Å². The summed E-state index contributed by atoms with van der Waals surface area (Å²) in [5.41, 5.74) is 1.04. The minimum Gasteiger partial charge on any atom is -0.469 e. The highest BCUT2D eigenvalue weighted by molar-refractivity contribution is 5.69. The first-order chi connectivity index (χ1) is 6.83. The minimum atomic E-state index is -0.180. The first-order valence-corrected chi connectivity index (χ1v) is 4.46. The highest BCUT2D eigenvalue weighted by atomic mass is 16.5. The number of hydrogen-bond acceptors (Lipinski definition) is 3. The molecule has 74 valence electrons. The summed E-state index contributed by atoms with van der Waals surface area (Å²) < 4.78 is 4.52. The van der Waals surface area contributed by atoms with Gasteiger partial charge in [0.25, 0.3) is 0 Å². The Morgan fingerprint density at radius 1 is 1.64 bits per heavy atom. The van der Waals surface area contributed by atoms with Crippen molar-refractivity contribution in [3.05, 3.63) is 36.2 Å². The van der Waals surface area contributed by atoms with Crippen LogP contribution in [0.1, 0.15) is 18.4 Å². The molecular weight excluding hydrogens is 178 g/mol. The zero-order valence-electron chi connectivity index (χ0n) is 8.14. The van der Waals surface area contributed by atoms with E-state index in [1.807, 2.05) is 24.3 Å². The van der Waals surface area contributed by atoms with E-state index in [4.69, 9.17) is 0 Å². The van der Waals surface area contributed by atoms with Crippen molar-refractivity contribution in [2.45, 2.75) is 12.8 Å². The Kier molecular flexibility index (Phi) is 4.41. The monoisotopic (exact) mass is 191 g/mol. The van der Waals surface area contributed by atoms with Gasteiger partial charge >= 0.3 is 5.97 Å². The number of nitrogens with zero attached hydrogens (tertiary/aromatic N) is 1. The molecule has 14 heavy (non-hydrogen) atoms. The molecule has 1 heterocycles. The number of rotatable bonds is 4. The lowest BCUT2D eigenvalue weighted by Crippen LogP contribution is -1.97. The average Bonchev–Trinajstić information content (AvgIpc) is 2.25. The van der Waals surface area contributed by atoms with Crippen molar-refractivity contribution >= 4 is 12.0 Å². The number of hydrogen-bond donors (Lipinski definition) is 0. The van der Waals surface area contributed by atoms with Crippen molar-refractivity contribution < 1.29 is 9.53 Å². The Bertz CT molecular complexity index is 306. The summed E-state index contributed by atoms with van der Waals surface area (Å²) in [6.07, 6.45) is 8.50. The molecule has 0 aliphatic carbocycles. The number of pyridine rings is 1. The molecule has 0 saturated carbocycles. The van der Waals surface area contributed by atoms with Gasteiger partial charge < -0.3 is 4.74 Å². The van der Waals surface area contributed by atoms with Crippen molar-refractivity contribution in [2.75, 3.05) is 7.11 Å². The lowest BCUT2D eigenvalue weighted by molar-refractivity contribution is -0.140. The fourth-order valence-electron chi connectivity index (χ4n) is 0.997. The smallest absolute Gasteiger partial charge is 0.305 e. The molecule has 0 N–H and O–H groups in total. The third-order valence-electron chi connectivity index (χ3n) is 1.74. The average molecular weight is 191 g/mol. The van der Waals surface area contributed by atoms with Crippen LogP contribution in [0.5, 0.6) is 0 Å². The van der Waals surface area contributed by atoms with E-state index >= 15 is 0 Å². The topological polar surface area (TPSA) is 39.2 Å². The fourth-order valence-corrected chi connectivity index (χ4v) is 0.997. The Balaban J connectivity index is 2.31. The quantitative estimate of drug-likeness (QED) is 0.684. The second kappa shape index (κ2) is 5.91. The first kappa shape index (κ1) is 10.4. The van der Waals surface area contributed by atoms with E-state index in [0.717, 1.165) is 5.56 Å². The summed E-state index contributed by atoms with van der Waals surface area (Å²) in [6.45, 7) is 0. The lowest BCUT2D eigenvalue weighted by atomic mass is 10.2. The highest BCUT2D eigenvalue weighted by Crippen LogP contribution is 2.01. The Morgan fingerprint density at radius 2 is 2.50 bits per heavy atom. The summed E-state index contributed by atoms with van der Waals surface area (Å²) in [5.74, 6) is -0.180. The molecule has 0 aliphatic heterocycles. The molecule has 3 nitrogen and oxygen atoms in total. The molecule has 0 atom stereocenters. The van der Waals surface area contributed by atoms with E-state index in [9.17, 15) is 4.79 Å². The third kappa shape index (κ3) is 3.85. The number of carbonyl (C=O) groups excluding carboxylic acids is 1. The van der Waals surface area contributed by atoms with Crippen molar-refractivity contribution in [3.8, 4) is 0 Å². The van der Waals surface area contributed by atoms with Crippen LogP contribution in [-0.4, -0.2) is 18.1 Å². The summed E-state index contributed by atoms with van der Waals surface area (Å²) in [5, 5.41) is 0. The summed E-state index contributed by atoms with van der Waals surface area (Å²) in [7, 11) is 1.40. The van der Waals surface area contributed by atoms with Crippen LogP contribution in [0.2, 0.25) is 0 Å². The molecule has 0 radical (unpaired) electrons. The number of allylic oxidation sites excluding steroid dienone is 1. The summed E-state index contributed by atoms with van der Waals surface area (Å²) in [4.78, 5) is 14.7. The molecule has 3 heteroatoms.